The number of esters is 1. The molecule has 7 heteroatoms. The Morgan fingerprint density at radius 2 is 1.59 bits per heavy atom. The van der Waals surface area contributed by atoms with E-state index >= 15 is 0 Å². The molecule has 2 rings (SSSR count). The standard InChI is InChI=1S/C20H24N2O5/c1-4-27-20(24)14-5-7-15(8-6-14)22-19(23)11-12-21-16-9-10-17(25-2)18(13-16)26-3/h5-10,13,21H,4,11-12H2,1-3H3,(H,22,23). The first-order valence-electron chi connectivity index (χ1n) is 8.60. The lowest BCUT2D eigenvalue weighted by molar-refractivity contribution is -0.115. The van der Waals surface area contributed by atoms with Crippen LogP contribution in [0, 0.1) is 0 Å². The van der Waals surface area contributed by atoms with Gasteiger partial charge in [-0.3, -0.25) is 4.79 Å². The van der Waals surface area contributed by atoms with Crippen LogP contribution >= 0.6 is 0 Å². The number of benzene rings is 2. The highest BCUT2D eigenvalue weighted by atomic mass is 16.5. The van der Waals surface area contributed by atoms with Crippen LogP contribution in [0.25, 0.3) is 0 Å². The summed E-state index contributed by atoms with van der Waals surface area (Å²) < 4.78 is 15.4. The fourth-order valence-electron chi connectivity index (χ4n) is 2.39. The van der Waals surface area contributed by atoms with Gasteiger partial charge in [-0.05, 0) is 43.3 Å². The van der Waals surface area contributed by atoms with E-state index in [-0.39, 0.29) is 18.3 Å². The smallest absolute Gasteiger partial charge is 0.338 e. The Morgan fingerprint density at radius 1 is 0.926 bits per heavy atom. The van der Waals surface area contributed by atoms with Gasteiger partial charge in [0.05, 0.1) is 26.4 Å². The van der Waals surface area contributed by atoms with Crippen LogP contribution in [-0.4, -0.2) is 39.2 Å². The van der Waals surface area contributed by atoms with Crippen molar-refractivity contribution >= 4 is 23.3 Å². The molecule has 0 saturated heterocycles. The molecule has 0 aliphatic heterocycles. The van der Waals surface area contributed by atoms with E-state index in [1.165, 1.54) is 0 Å². The van der Waals surface area contributed by atoms with E-state index in [0.717, 1.165) is 5.69 Å². The molecule has 0 bridgehead atoms. The minimum Gasteiger partial charge on any atom is -0.493 e. The van der Waals surface area contributed by atoms with Crippen molar-refractivity contribution in [1.29, 1.82) is 0 Å². The zero-order chi connectivity index (χ0) is 19.6. The molecule has 0 aliphatic rings. The van der Waals surface area contributed by atoms with E-state index in [4.69, 9.17) is 14.2 Å². The number of methoxy groups -OCH3 is 2. The highest BCUT2D eigenvalue weighted by molar-refractivity contribution is 5.93. The largest absolute Gasteiger partial charge is 0.493 e. The van der Waals surface area contributed by atoms with Crippen LogP contribution in [0.5, 0.6) is 11.5 Å². The highest BCUT2D eigenvalue weighted by Gasteiger charge is 2.08. The summed E-state index contributed by atoms with van der Waals surface area (Å²) in [6, 6.07) is 12.0. The molecule has 0 radical (unpaired) electrons. The van der Waals surface area contributed by atoms with Gasteiger partial charge in [-0.25, -0.2) is 4.79 Å². The molecule has 2 N–H and O–H groups in total. The number of carbonyl (C=O) groups is 2. The molecule has 0 aromatic heterocycles. The first-order chi connectivity index (χ1) is 13.1. The number of hydrogen-bond acceptors (Lipinski definition) is 6. The van der Waals surface area contributed by atoms with E-state index in [1.807, 2.05) is 12.1 Å². The van der Waals surface area contributed by atoms with E-state index in [1.54, 1.807) is 51.5 Å². The fraction of sp³-hybridized carbons (Fsp3) is 0.300. The second-order valence-electron chi connectivity index (χ2n) is 5.59. The molecule has 0 fully saturated rings. The average molecular weight is 372 g/mol. The van der Waals surface area contributed by atoms with Crippen molar-refractivity contribution in [1.82, 2.24) is 0 Å². The van der Waals surface area contributed by atoms with Crippen molar-refractivity contribution < 1.29 is 23.8 Å². The Morgan fingerprint density at radius 3 is 2.22 bits per heavy atom. The number of hydrogen-bond donors (Lipinski definition) is 2. The predicted molar refractivity (Wildman–Crippen MR) is 104 cm³/mol. The lowest BCUT2D eigenvalue weighted by Crippen LogP contribution is -2.16. The molecule has 0 spiro atoms. The maximum atomic E-state index is 12.1. The van der Waals surface area contributed by atoms with E-state index in [9.17, 15) is 9.59 Å². The Bertz CT molecular complexity index is 774. The summed E-state index contributed by atoms with van der Waals surface area (Å²) in [7, 11) is 3.15. The third kappa shape index (κ3) is 5.91. The average Bonchev–Trinajstić information content (AvgIpc) is 2.68. The van der Waals surface area contributed by atoms with Crippen molar-refractivity contribution in [3.8, 4) is 11.5 Å². The van der Waals surface area contributed by atoms with Crippen LogP contribution in [0.3, 0.4) is 0 Å². The van der Waals surface area contributed by atoms with Gasteiger partial charge in [-0.1, -0.05) is 0 Å². The SMILES string of the molecule is CCOC(=O)c1ccc(NC(=O)CCNc2ccc(OC)c(OC)c2)cc1. The van der Waals surface area contributed by atoms with Crippen molar-refractivity contribution in [2.45, 2.75) is 13.3 Å². The van der Waals surface area contributed by atoms with Gasteiger partial charge in [-0.2, -0.15) is 0 Å². The van der Waals surface area contributed by atoms with Crippen LogP contribution in [0.2, 0.25) is 0 Å². The van der Waals surface area contributed by atoms with Gasteiger partial charge in [-0.15, -0.1) is 0 Å². The molecule has 0 unspecified atom stereocenters. The van der Waals surface area contributed by atoms with E-state index in [2.05, 4.69) is 10.6 Å². The summed E-state index contributed by atoms with van der Waals surface area (Å²) in [6.07, 6.45) is 0.286. The van der Waals surface area contributed by atoms with Crippen molar-refractivity contribution in [3.05, 3.63) is 48.0 Å². The van der Waals surface area contributed by atoms with Crippen LogP contribution in [0.4, 0.5) is 11.4 Å². The van der Waals surface area contributed by atoms with Gasteiger partial charge in [0.1, 0.15) is 0 Å². The second kappa shape index (κ2) is 10.1. The van der Waals surface area contributed by atoms with Gasteiger partial charge < -0.3 is 24.8 Å². The zero-order valence-corrected chi connectivity index (χ0v) is 15.7. The minimum absolute atomic E-state index is 0.133. The molecular weight excluding hydrogens is 348 g/mol. The molecule has 7 nitrogen and oxygen atoms in total. The van der Waals surface area contributed by atoms with Crippen molar-refractivity contribution in [2.24, 2.45) is 0 Å². The fourth-order valence-corrected chi connectivity index (χ4v) is 2.39. The van der Waals surface area contributed by atoms with Gasteiger partial charge in [0.25, 0.3) is 0 Å². The number of amides is 1. The second-order valence-corrected chi connectivity index (χ2v) is 5.59. The molecule has 0 saturated carbocycles. The summed E-state index contributed by atoms with van der Waals surface area (Å²) in [5.41, 5.74) is 1.91. The summed E-state index contributed by atoms with van der Waals surface area (Å²) in [5.74, 6) is 0.752. The summed E-state index contributed by atoms with van der Waals surface area (Å²) in [4.78, 5) is 23.7. The lowest BCUT2D eigenvalue weighted by atomic mass is 10.2. The summed E-state index contributed by atoms with van der Waals surface area (Å²) >= 11 is 0. The molecule has 2 aromatic rings. The van der Waals surface area contributed by atoms with Gasteiger partial charge in [0.15, 0.2) is 11.5 Å². The summed E-state index contributed by atoms with van der Waals surface area (Å²) in [6.45, 7) is 2.54. The van der Waals surface area contributed by atoms with E-state index < -0.39 is 0 Å². The van der Waals surface area contributed by atoms with Gasteiger partial charge in [0, 0.05) is 30.4 Å². The third-order valence-corrected chi connectivity index (χ3v) is 3.74. The maximum Gasteiger partial charge on any atom is 0.338 e. The molecule has 0 heterocycles. The normalized spacial score (nSPS) is 10.0. The Balaban J connectivity index is 1.82. The number of carbonyl (C=O) groups excluding carboxylic acids is 2. The monoisotopic (exact) mass is 372 g/mol. The number of rotatable bonds is 9. The first-order valence-corrected chi connectivity index (χ1v) is 8.60. The van der Waals surface area contributed by atoms with Crippen molar-refractivity contribution in [3.63, 3.8) is 0 Å². The van der Waals surface area contributed by atoms with Gasteiger partial charge in [0.2, 0.25) is 5.91 Å². The first kappa shape index (κ1) is 20.1. The minimum atomic E-state index is -0.380. The maximum absolute atomic E-state index is 12.1. The van der Waals surface area contributed by atoms with Crippen LogP contribution in [-0.2, 0) is 9.53 Å². The zero-order valence-electron chi connectivity index (χ0n) is 15.7. The number of nitrogens with one attached hydrogen (secondary N) is 2. The molecule has 1 amide bonds. The lowest BCUT2D eigenvalue weighted by Gasteiger charge is -2.11. The Kier molecular flexibility index (Phi) is 7.49. The third-order valence-electron chi connectivity index (χ3n) is 3.74. The summed E-state index contributed by atoms with van der Waals surface area (Å²) in [5, 5.41) is 5.96. The van der Waals surface area contributed by atoms with Crippen molar-refractivity contribution in [2.75, 3.05) is 38.0 Å². The molecule has 27 heavy (non-hydrogen) atoms. The number of anilines is 2. The molecular formula is C20H24N2O5. The Hall–Kier alpha value is -3.22. The molecule has 0 aliphatic carbocycles. The predicted octanol–water partition coefficient (Wildman–Crippen LogP) is 3.32. The Labute approximate surface area is 158 Å². The van der Waals surface area contributed by atoms with Gasteiger partial charge >= 0.3 is 5.97 Å². The number of ether oxygens (including phenoxy) is 3. The van der Waals surface area contributed by atoms with E-state index in [0.29, 0.717) is 35.9 Å². The molecule has 0 atom stereocenters. The quantitative estimate of drug-likeness (QED) is 0.657. The highest BCUT2D eigenvalue weighted by Crippen LogP contribution is 2.29. The van der Waals surface area contributed by atoms with Crippen LogP contribution in [0.1, 0.15) is 23.7 Å². The van der Waals surface area contributed by atoms with Crippen LogP contribution in [0.15, 0.2) is 42.5 Å². The topological polar surface area (TPSA) is 85.9 Å². The molecule has 2 aromatic carbocycles. The molecule has 144 valence electrons. The van der Waals surface area contributed by atoms with Crippen LogP contribution < -0.4 is 20.1 Å².